The van der Waals surface area contributed by atoms with E-state index in [4.69, 9.17) is 0 Å². The van der Waals surface area contributed by atoms with Crippen LogP contribution in [0.4, 0.5) is 13.2 Å². The van der Waals surface area contributed by atoms with Gasteiger partial charge in [0.05, 0.1) is 11.1 Å². The molecule has 142 valence electrons. The maximum atomic E-state index is 12.9. The van der Waals surface area contributed by atoms with Gasteiger partial charge in [0, 0.05) is 30.1 Å². The molecule has 1 aliphatic carbocycles. The van der Waals surface area contributed by atoms with Crippen molar-refractivity contribution in [2.75, 3.05) is 13.1 Å². The maximum Gasteiger partial charge on any atom is 0.416 e. The molecule has 0 N–H and O–H groups in total. The average Bonchev–Trinajstić information content (AvgIpc) is 2.99. The number of hydrogen-bond acceptors (Lipinski definition) is 4. The number of nitrogens with zero attached hydrogens (tertiary/aromatic N) is 3. The molecular weight excluding hydrogens is 359 g/mol. The van der Waals surface area contributed by atoms with Crippen LogP contribution in [0.25, 0.3) is 0 Å². The third-order valence-corrected chi connectivity index (χ3v) is 5.20. The molecule has 27 heavy (non-hydrogen) atoms. The first-order valence-corrected chi connectivity index (χ1v) is 8.48. The number of carbonyl (C=O) groups excluding carboxylic acids is 2. The summed E-state index contributed by atoms with van der Waals surface area (Å²) in [5, 5.41) is 9.26. The fourth-order valence-electron chi connectivity index (χ4n) is 4.05. The van der Waals surface area contributed by atoms with Crippen LogP contribution in [0, 0.1) is 22.2 Å². The third-order valence-electron chi connectivity index (χ3n) is 5.20. The summed E-state index contributed by atoms with van der Waals surface area (Å²) in [6.07, 6.45) is -0.933. The van der Waals surface area contributed by atoms with E-state index in [9.17, 15) is 28.0 Å². The van der Waals surface area contributed by atoms with Gasteiger partial charge in [0.1, 0.15) is 11.8 Å². The van der Waals surface area contributed by atoms with Crippen LogP contribution >= 0.6 is 0 Å². The van der Waals surface area contributed by atoms with Crippen molar-refractivity contribution in [1.29, 1.82) is 5.26 Å². The van der Waals surface area contributed by atoms with Crippen molar-refractivity contribution in [2.24, 2.45) is 10.8 Å². The molecule has 1 spiro atoms. The number of rotatable bonds is 1. The molecule has 1 atom stereocenters. The van der Waals surface area contributed by atoms with Crippen molar-refractivity contribution in [3.05, 3.63) is 41.2 Å². The molecule has 2 aliphatic rings. The highest BCUT2D eigenvalue weighted by atomic mass is 19.4. The number of amides is 1. The zero-order valence-electron chi connectivity index (χ0n) is 14.9. The topological polar surface area (TPSA) is 74.1 Å². The number of pyridine rings is 1. The van der Waals surface area contributed by atoms with Crippen LogP contribution in [0.15, 0.2) is 30.0 Å². The molecule has 3 rings (SSSR count). The molecule has 1 saturated heterocycles. The number of halogens is 3. The quantitative estimate of drug-likeness (QED) is 0.752. The Labute approximate surface area is 154 Å². The average molecular weight is 377 g/mol. The first-order chi connectivity index (χ1) is 12.5. The van der Waals surface area contributed by atoms with Crippen molar-refractivity contribution in [3.8, 4) is 6.07 Å². The Morgan fingerprint density at radius 1 is 1.37 bits per heavy atom. The lowest BCUT2D eigenvalue weighted by Gasteiger charge is -2.38. The molecule has 8 heteroatoms. The summed E-state index contributed by atoms with van der Waals surface area (Å²) in [6, 6.07) is 3.50. The summed E-state index contributed by atoms with van der Waals surface area (Å²) in [6.45, 7) is 4.10. The monoisotopic (exact) mass is 377 g/mol. The van der Waals surface area contributed by atoms with Gasteiger partial charge in [0.25, 0.3) is 5.91 Å². The van der Waals surface area contributed by atoms with Crippen LogP contribution < -0.4 is 0 Å². The molecule has 0 aromatic carbocycles. The number of ketones is 1. The highest BCUT2D eigenvalue weighted by Gasteiger charge is 2.49. The number of allylic oxidation sites excluding steroid dienone is 1. The van der Waals surface area contributed by atoms with E-state index in [0.717, 1.165) is 18.3 Å². The van der Waals surface area contributed by atoms with E-state index in [0.29, 0.717) is 19.4 Å². The Morgan fingerprint density at radius 2 is 2.07 bits per heavy atom. The third kappa shape index (κ3) is 3.46. The van der Waals surface area contributed by atoms with Gasteiger partial charge in [-0.05, 0) is 25.0 Å². The minimum atomic E-state index is -4.55. The maximum absolute atomic E-state index is 12.9. The van der Waals surface area contributed by atoms with E-state index in [2.05, 4.69) is 4.98 Å². The van der Waals surface area contributed by atoms with Gasteiger partial charge in [-0.3, -0.25) is 14.6 Å². The van der Waals surface area contributed by atoms with Gasteiger partial charge in [-0.25, -0.2) is 0 Å². The predicted octanol–water partition coefficient (Wildman–Crippen LogP) is 3.38. The number of carbonyl (C=O) groups is 2. The molecule has 1 unspecified atom stereocenters. The van der Waals surface area contributed by atoms with Gasteiger partial charge in [-0.2, -0.15) is 18.4 Å². The van der Waals surface area contributed by atoms with E-state index in [1.807, 2.05) is 6.07 Å². The number of likely N-dealkylation sites (tertiary alicyclic amines) is 1. The second kappa shape index (κ2) is 6.19. The summed E-state index contributed by atoms with van der Waals surface area (Å²) in [7, 11) is 0. The number of Topliss-reactive ketones (excluding diaryl/α,β-unsaturated/α-hetero) is 1. The molecule has 0 bridgehead atoms. The Morgan fingerprint density at radius 3 is 2.70 bits per heavy atom. The molecule has 0 saturated carbocycles. The molecule has 2 heterocycles. The van der Waals surface area contributed by atoms with Crippen LogP contribution in [0.5, 0.6) is 0 Å². The second-order valence-corrected chi connectivity index (χ2v) is 7.83. The molecule has 1 aliphatic heterocycles. The van der Waals surface area contributed by atoms with Crippen molar-refractivity contribution in [3.63, 3.8) is 0 Å². The highest BCUT2D eigenvalue weighted by molar-refractivity contribution is 6.03. The van der Waals surface area contributed by atoms with Gasteiger partial charge in [0.15, 0.2) is 5.78 Å². The molecule has 0 radical (unpaired) electrons. The lowest BCUT2D eigenvalue weighted by molar-refractivity contribution is -0.137. The normalized spacial score (nSPS) is 24.7. The van der Waals surface area contributed by atoms with E-state index in [1.165, 1.54) is 4.90 Å². The summed E-state index contributed by atoms with van der Waals surface area (Å²) in [5.41, 5.74) is -2.37. The summed E-state index contributed by atoms with van der Waals surface area (Å²) in [4.78, 5) is 30.2. The first-order valence-electron chi connectivity index (χ1n) is 8.48. The first kappa shape index (κ1) is 19.1. The van der Waals surface area contributed by atoms with E-state index >= 15 is 0 Å². The lowest BCUT2D eigenvalue weighted by atomic mass is 9.64. The van der Waals surface area contributed by atoms with Crippen molar-refractivity contribution < 1.29 is 22.8 Å². The Hall–Kier alpha value is -2.69. The molecule has 1 aromatic rings. The van der Waals surface area contributed by atoms with Gasteiger partial charge < -0.3 is 4.90 Å². The second-order valence-electron chi connectivity index (χ2n) is 7.83. The number of hydrogen-bond donors (Lipinski definition) is 0. The highest BCUT2D eigenvalue weighted by Crippen LogP contribution is 2.48. The number of alkyl halides is 3. The molecular formula is C19H18F3N3O2. The minimum absolute atomic E-state index is 0.0812. The Bertz CT molecular complexity index is 883. The van der Waals surface area contributed by atoms with Gasteiger partial charge in [-0.15, -0.1) is 0 Å². The Kier molecular flexibility index (Phi) is 4.37. The van der Waals surface area contributed by atoms with Crippen molar-refractivity contribution >= 4 is 11.7 Å². The van der Waals surface area contributed by atoms with Crippen molar-refractivity contribution in [2.45, 2.75) is 32.9 Å². The largest absolute Gasteiger partial charge is 0.416 e. The molecule has 1 aromatic heterocycles. The van der Waals surface area contributed by atoms with Gasteiger partial charge >= 0.3 is 6.18 Å². The van der Waals surface area contributed by atoms with Gasteiger partial charge in [-0.1, -0.05) is 19.9 Å². The van der Waals surface area contributed by atoms with Gasteiger partial charge in [0.2, 0.25) is 0 Å². The van der Waals surface area contributed by atoms with E-state index < -0.39 is 28.5 Å². The standard InChI is InChI=1S/C19H18F3N3O2/c1-17(2)10-18(8-12(9-23)15(17)26)4-6-25(11-18)16(27)14-7-13(3-5-24-14)19(20,21)22/h3,5,7-8H,4,6,10-11H2,1-2H3. The SMILES string of the molecule is CC1(C)CC2(C=C(C#N)C1=O)CCN(C(=O)c1cc(C(F)(F)F)ccn1)C2. The summed E-state index contributed by atoms with van der Waals surface area (Å²) < 4.78 is 38.6. The zero-order valence-corrected chi connectivity index (χ0v) is 14.9. The zero-order chi connectivity index (χ0) is 20.0. The smallest absolute Gasteiger partial charge is 0.336 e. The van der Waals surface area contributed by atoms with Crippen LogP contribution in [0.2, 0.25) is 0 Å². The van der Waals surface area contributed by atoms with Crippen LogP contribution in [-0.2, 0) is 11.0 Å². The number of aromatic nitrogens is 1. The summed E-state index contributed by atoms with van der Waals surface area (Å²) in [5.74, 6) is -0.806. The fraction of sp³-hybridized carbons (Fsp3) is 0.474. The minimum Gasteiger partial charge on any atom is -0.336 e. The van der Waals surface area contributed by atoms with E-state index in [-0.39, 0.29) is 23.6 Å². The molecule has 1 amide bonds. The van der Waals surface area contributed by atoms with E-state index in [1.54, 1.807) is 19.9 Å². The number of nitriles is 1. The Balaban J connectivity index is 1.86. The summed E-state index contributed by atoms with van der Waals surface area (Å²) >= 11 is 0. The van der Waals surface area contributed by atoms with Crippen LogP contribution in [0.1, 0.15) is 42.7 Å². The molecule has 1 fully saturated rings. The predicted molar refractivity (Wildman–Crippen MR) is 89.3 cm³/mol. The lowest BCUT2D eigenvalue weighted by Crippen LogP contribution is -2.40. The van der Waals surface area contributed by atoms with Crippen molar-refractivity contribution in [1.82, 2.24) is 9.88 Å². The van der Waals surface area contributed by atoms with Crippen LogP contribution in [-0.4, -0.2) is 34.7 Å². The molecule has 5 nitrogen and oxygen atoms in total. The van der Waals surface area contributed by atoms with Crippen LogP contribution in [0.3, 0.4) is 0 Å². The fourth-order valence-corrected chi connectivity index (χ4v) is 4.05.